The van der Waals surface area contributed by atoms with Crippen LogP contribution in [0.2, 0.25) is 0 Å². The molecule has 0 aliphatic heterocycles. The van der Waals surface area contributed by atoms with Gasteiger partial charge in [0, 0.05) is 11.8 Å². The van der Waals surface area contributed by atoms with Crippen molar-refractivity contribution in [3.63, 3.8) is 0 Å². The van der Waals surface area contributed by atoms with Gasteiger partial charge in [-0.1, -0.05) is 57.2 Å². The summed E-state index contributed by atoms with van der Waals surface area (Å²) in [5.74, 6) is 1.10. The molecule has 0 saturated heterocycles. The minimum absolute atomic E-state index is 0.198. The second-order valence-corrected chi connectivity index (χ2v) is 9.16. The summed E-state index contributed by atoms with van der Waals surface area (Å²) in [6.45, 7) is 6.70. The second-order valence-electron chi connectivity index (χ2n) is 9.16. The molecule has 30 heavy (non-hydrogen) atoms. The van der Waals surface area contributed by atoms with Crippen molar-refractivity contribution in [1.82, 2.24) is 0 Å². The Labute approximate surface area is 178 Å². The van der Waals surface area contributed by atoms with Gasteiger partial charge in [0.05, 0.1) is 11.1 Å². The van der Waals surface area contributed by atoms with E-state index in [0.29, 0.717) is 28.9 Å². The van der Waals surface area contributed by atoms with Crippen LogP contribution in [0, 0.1) is 29.6 Å². The van der Waals surface area contributed by atoms with Crippen molar-refractivity contribution in [2.45, 2.75) is 45.8 Å². The Morgan fingerprint density at radius 1 is 0.767 bits per heavy atom. The minimum Gasteiger partial charge on any atom is -0.455 e. The topological polar surface area (TPSA) is 52.6 Å². The van der Waals surface area contributed by atoms with Gasteiger partial charge in [-0.3, -0.25) is 0 Å². The smallest absolute Gasteiger partial charge is 0.338 e. The predicted molar refractivity (Wildman–Crippen MR) is 115 cm³/mol. The molecule has 2 aromatic rings. The van der Waals surface area contributed by atoms with Crippen molar-refractivity contribution in [3.8, 4) is 0 Å². The van der Waals surface area contributed by atoms with E-state index in [-0.39, 0.29) is 23.8 Å². The van der Waals surface area contributed by atoms with E-state index in [4.69, 9.17) is 9.47 Å². The average molecular weight is 407 g/mol. The van der Waals surface area contributed by atoms with E-state index >= 15 is 0 Å². The maximum absolute atomic E-state index is 12.9. The molecule has 3 aliphatic rings. The molecule has 2 bridgehead atoms. The molecule has 158 valence electrons. The fourth-order valence-corrected chi connectivity index (χ4v) is 5.43. The van der Waals surface area contributed by atoms with Crippen molar-refractivity contribution >= 4 is 11.9 Å². The molecule has 3 fully saturated rings. The molecular formula is C26H30O4. The highest BCUT2D eigenvalue weighted by molar-refractivity contribution is 5.90. The largest absolute Gasteiger partial charge is 0.455 e. The first-order valence-corrected chi connectivity index (χ1v) is 11.0. The number of hydrogen-bond donors (Lipinski definition) is 0. The highest BCUT2D eigenvalue weighted by atomic mass is 16.6. The molecule has 2 aromatic carbocycles. The van der Waals surface area contributed by atoms with E-state index in [1.807, 2.05) is 36.4 Å². The van der Waals surface area contributed by atoms with E-state index in [0.717, 1.165) is 12.8 Å². The van der Waals surface area contributed by atoms with Gasteiger partial charge in [0.25, 0.3) is 0 Å². The fourth-order valence-electron chi connectivity index (χ4n) is 5.43. The number of ether oxygens (including phenoxy) is 2. The Kier molecular flexibility index (Phi) is 5.94. The summed E-state index contributed by atoms with van der Waals surface area (Å²) < 4.78 is 12.1. The molecule has 5 rings (SSSR count). The molecule has 3 saturated carbocycles. The van der Waals surface area contributed by atoms with Gasteiger partial charge in [0.2, 0.25) is 0 Å². The number of rotatable bonds is 5. The van der Waals surface area contributed by atoms with Crippen LogP contribution >= 0.6 is 0 Å². The summed E-state index contributed by atoms with van der Waals surface area (Å²) in [5, 5.41) is 0. The average Bonchev–Trinajstić information content (AvgIpc) is 2.76. The molecule has 3 aliphatic carbocycles. The maximum atomic E-state index is 12.9. The molecule has 0 amide bonds. The third-order valence-corrected chi connectivity index (χ3v) is 7.00. The molecule has 0 N–H and O–H groups in total. The SMILES string of the molecule is CC(C)C1CC2C(C)CC1C(OC(=O)c1ccccc1)C2OC(=O)c1ccccc1. The fraction of sp³-hybridized carbons (Fsp3) is 0.462. The van der Waals surface area contributed by atoms with Crippen LogP contribution in [-0.2, 0) is 9.47 Å². The van der Waals surface area contributed by atoms with Gasteiger partial charge in [-0.25, -0.2) is 9.59 Å². The maximum Gasteiger partial charge on any atom is 0.338 e. The van der Waals surface area contributed by atoms with Crippen LogP contribution in [0.3, 0.4) is 0 Å². The standard InChI is InChI=1S/C26H30O4/c1-16(2)20-15-21-17(3)14-22(20)24(30-26(28)19-12-8-5-9-13-19)23(21)29-25(27)18-10-6-4-7-11-18/h4-13,16-17,20-24H,14-15H2,1-3H3. The van der Waals surface area contributed by atoms with Gasteiger partial charge in [-0.2, -0.15) is 0 Å². The van der Waals surface area contributed by atoms with Crippen LogP contribution in [0.5, 0.6) is 0 Å². The number of hydrogen-bond acceptors (Lipinski definition) is 4. The van der Waals surface area contributed by atoms with Gasteiger partial charge >= 0.3 is 11.9 Å². The Bertz CT molecular complexity index is 876. The van der Waals surface area contributed by atoms with Crippen molar-refractivity contribution in [3.05, 3.63) is 71.8 Å². The van der Waals surface area contributed by atoms with E-state index in [1.54, 1.807) is 24.3 Å². The summed E-state index contributed by atoms with van der Waals surface area (Å²) >= 11 is 0. The molecule has 6 atom stereocenters. The molecule has 6 unspecified atom stereocenters. The van der Waals surface area contributed by atoms with E-state index in [1.165, 1.54) is 0 Å². The molecule has 0 spiro atoms. The van der Waals surface area contributed by atoms with Crippen molar-refractivity contribution in [2.24, 2.45) is 29.6 Å². The number of carbonyl (C=O) groups excluding carboxylic acids is 2. The van der Waals surface area contributed by atoms with E-state index in [9.17, 15) is 9.59 Å². The lowest BCUT2D eigenvalue weighted by Crippen LogP contribution is -2.59. The van der Waals surface area contributed by atoms with Gasteiger partial charge in [-0.15, -0.1) is 0 Å². The third kappa shape index (κ3) is 4.00. The van der Waals surface area contributed by atoms with Crippen LogP contribution in [0.1, 0.15) is 54.3 Å². The lowest BCUT2D eigenvalue weighted by molar-refractivity contribution is -0.165. The highest BCUT2D eigenvalue weighted by Crippen LogP contribution is 2.52. The van der Waals surface area contributed by atoms with Crippen LogP contribution in [0.15, 0.2) is 60.7 Å². The Balaban J connectivity index is 1.61. The minimum atomic E-state index is -0.410. The van der Waals surface area contributed by atoms with Crippen molar-refractivity contribution in [2.75, 3.05) is 0 Å². The first kappa shape index (κ1) is 20.6. The predicted octanol–water partition coefficient (Wildman–Crippen LogP) is 5.39. The molecule has 4 heteroatoms. The summed E-state index contributed by atoms with van der Waals surface area (Å²) in [6, 6.07) is 18.1. The van der Waals surface area contributed by atoms with Crippen molar-refractivity contribution < 1.29 is 19.1 Å². The summed E-state index contributed by atoms with van der Waals surface area (Å²) in [6.07, 6.45) is 1.19. The van der Waals surface area contributed by atoms with Crippen LogP contribution in [-0.4, -0.2) is 24.1 Å². The third-order valence-electron chi connectivity index (χ3n) is 7.00. The first-order valence-electron chi connectivity index (χ1n) is 11.0. The second kappa shape index (κ2) is 8.63. The summed E-state index contributed by atoms with van der Waals surface area (Å²) in [7, 11) is 0. The number of benzene rings is 2. The molecule has 0 aromatic heterocycles. The lowest BCUT2D eigenvalue weighted by atomic mass is 9.55. The monoisotopic (exact) mass is 406 g/mol. The Morgan fingerprint density at radius 3 is 1.70 bits per heavy atom. The first-order chi connectivity index (χ1) is 14.5. The normalized spacial score (nSPS) is 30.1. The quantitative estimate of drug-likeness (QED) is 0.625. The van der Waals surface area contributed by atoms with Gasteiger partial charge in [-0.05, 0) is 54.9 Å². The summed E-state index contributed by atoms with van der Waals surface area (Å²) in [5.41, 5.74) is 1.06. The van der Waals surface area contributed by atoms with E-state index in [2.05, 4.69) is 20.8 Å². The van der Waals surface area contributed by atoms with Crippen molar-refractivity contribution in [1.29, 1.82) is 0 Å². The highest BCUT2D eigenvalue weighted by Gasteiger charge is 2.55. The molecular weight excluding hydrogens is 376 g/mol. The van der Waals surface area contributed by atoms with E-state index < -0.39 is 12.2 Å². The van der Waals surface area contributed by atoms with Gasteiger partial charge < -0.3 is 9.47 Å². The van der Waals surface area contributed by atoms with Crippen LogP contribution in [0.25, 0.3) is 0 Å². The summed E-state index contributed by atoms with van der Waals surface area (Å²) in [4.78, 5) is 25.7. The van der Waals surface area contributed by atoms with Crippen LogP contribution in [0.4, 0.5) is 0 Å². The molecule has 0 radical (unpaired) electrons. The Morgan fingerprint density at radius 2 is 1.23 bits per heavy atom. The van der Waals surface area contributed by atoms with Crippen LogP contribution < -0.4 is 0 Å². The molecule has 4 nitrogen and oxygen atoms in total. The lowest BCUT2D eigenvalue weighted by Gasteiger charge is -2.54. The number of fused-ring (bicyclic) bond motifs is 3. The zero-order chi connectivity index (χ0) is 21.3. The zero-order valence-electron chi connectivity index (χ0n) is 17.9. The van der Waals surface area contributed by atoms with Gasteiger partial charge in [0.15, 0.2) is 0 Å². The number of esters is 2. The van der Waals surface area contributed by atoms with Gasteiger partial charge in [0.1, 0.15) is 12.2 Å². The Hall–Kier alpha value is -2.62. The zero-order valence-corrected chi connectivity index (χ0v) is 17.9. The molecule has 0 heterocycles. The number of carbonyl (C=O) groups is 2.